The molecular formula is C17H24ClN3O3. The normalized spacial score (nSPS) is 18.7. The minimum atomic E-state index is -0.705. The molecule has 3 rings (SSSR count). The summed E-state index contributed by atoms with van der Waals surface area (Å²) in [6, 6.07) is 3.30. The van der Waals surface area contributed by atoms with Crippen LogP contribution in [0.1, 0.15) is 36.0 Å². The van der Waals surface area contributed by atoms with Crippen molar-refractivity contribution in [2.45, 2.75) is 31.8 Å². The molecule has 2 heterocycles. The molecule has 7 heteroatoms. The Bertz CT molecular complexity index is 574. The van der Waals surface area contributed by atoms with Gasteiger partial charge in [-0.1, -0.05) is 11.6 Å². The molecule has 0 radical (unpaired) electrons. The fraction of sp³-hybridized carbons (Fsp3) is 0.647. The van der Waals surface area contributed by atoms with Crippen molar-refractivity contribution in [2.24, 2.45) is 5.92 Å². The number of nitrogens with zero attached hydrogens (tertiary/aromatic N) is 2. The van der Waals surface area contributed by atoms with Gasteiger partial charge in [-0.25, -0.2) is 4.98 Å². The number of aromatic nitrogens is 1. The zero-order valence-electron chi connectivity index (χ0n) is 13.7. The van der Waals surface area contributed by atoms with E-state index >= 15 is 0 Å². The molecule has 0 unspecified atom stereocenters. The summed E-state index contributed by atoms with van der Waals surface area (Å²) >= 11 is 6.05. The third kappa shape index (κ3) is 5.06. The molecule has 0 spiro atoms. The van der Waals surface area contributed by atoms with Crippen LogP contribution in [-0.4, -0.2) is 54.9 Å². The van der Waals surface area contributed by atoms with Crippen LogP contribution in [-0.2, 0) is 4.74 Å². The highest BCUT2D eigenvalue weighted by atomic mass is 35.5. The van der Waals surface area contributed by atoms with E-state index in [9.17, 15) is 9.90 Å². The average molecular weight is 354 g/mol. The minimum Gasteiger partial charge on any atom is -0.389 e. The number of halogens is 1. The first-order chi connectivity index (χ1) is 11.6. The highest BCUT2D eigenvalue weighted by Gasteiger charge is 2.22. The van der Waals surface area contributed by atoms with Crippen LogP contribution in [0.5, 0.6) is 0 Å². The summed E-state index contributed by atoms with van der Waals surface area (Å²) in [4.78, 5) is 18.7. The van der Waals surface area contributed by atoms with Crippen molar-refractivity contribution in [3.63, 3.8) is 0 Å². The third-order valence-corrected chi connectivity index (χ3v) is 4.53. The van der Waals surface area contributed by atoms with Crippen LogP contribution in [0.15, 0.2) is 12.1 Å². The first-order valence-corrected chi connectivity index (χ1v) is 8.96. The van der Waals surface area contributed by atoms with Gasteiger partial charge in [0, 0.05) is 31.8 Å². The van der Waals surface area contributed by atoms with Gasteiger partial charge >= 0.3 is 0 Å². The van der Waals surface area contributed by atoms with Crippen molar-refractivity contribution in [1.82, 2.24) is 10.3 Å². The second kappa shape index (κ2) is 8.14. The van der Waals surface area contributed by atoms with Gasteiger partial charge in [0.15, 0.2) is 0 Å². The Balaban J connectivity index is 1.49. The molecule has 1 aromatic rings. The van der Waals surface area contributed by atoms with Crippen LogP contribution in [0.2, 0.25) is 5.15 Å². The Morgan fingerprint density at radius 2 is 2.17 bits per heavy atom. The van der Waals surface area contributed by atoms with E-state index < -0.39 is 6.10 Å². The number of ether oxygens (including phenoxy) is 1. The molecule has 1 amide bonds. The Hall–Kier alpha value is -1.37. The van der Waals surface area contributed by atoms with Gasteiger partial charge in [-0.3, -0.25) is 4.79 Å². The van der Waals surface area contributed by atoms with Gasteiger partial charge in [0.05, 0.1) is 12.7 Å². The second-order valence-electron chi connectivity index (χ2n) is 6.58. The van der Waals surface area contributed by atoms with Gasteiger partial charge < -0.3 is 20.1 Å². The van der Waals surface area contributed by atoms with Crippen LogP contribution in [0.4, 0.5) is 5.82 Å². The van der Waals surface area contributed by atoms with Gasteiger partial charge in [0.25, 0.3) is 5.91 Å². The highest BCUT2D eigenvalue weighted by molar-refractivity contribution is 6.29. The fourth-order valence-electron chi connectivity index (χ4n) is 2.75. The van der Waals surface area contributed by atoms with E-state index in [4.69, 9.17) is 16.3 Å². The summed E-state index contributed by atoms with van der Waals surface area (Å²) < 4.78 is 5.42. The molecule has 2 N–H and O–H groups in total. The van der Waals surface area contributed by atoms with Crippen molar-refractivity contribution in [1.29, 1.82) is 0 Å². The SMILES string of the molecule is O=C(NC[C@@H](O)COCC1CC1)c1cc(Cl)nc(N2CCCC2)c1. The Morgan fingerprint density at radius 1 is 1.42 bits per heavy atom. The quantitative estimate of drug-likeness (QED) is 0.698. The van der Waals surface area contributed by atoms with Crippen molar-refractivity contribution in [2.75, 3.05) is 37.7 Å². The van der Waals surface area contributed by atoms with Crippen LogP contribution < -0.4 is 10.2 Å². The molecule has 132 valence electrons. The number of rotatable bonds is 8. The molecule has 0 aromatic carbocycles. The summed E-state index contributed by atoms with van der Waals surface area (Å²) in [7, 11) is 0. The summed E-state index contributed by atoms with van der Waals surface area (Å²) in [5, 5.41) is 12.9. The number of carbonyl (C=O) groups is 1. The maximum Gasteiger partial charge on any atom is 0.251 e. The lowest BCUT2D eigenvalue weighted by molar-refractivity contribution is 0.0320. The van der Waals surface area contributed by atoms with Gasteiger partial charge in [0.2, 0.25) is 0 Å². The Labute approximate surface area is 147 Å². The summed E-state index contributed by atoms with van der Waals surface area (Å²) in [6.45, 7) is 2.97. The molecule has 1 aliphatic carbocycles. The van der Waals surface area contributed by atoms with E-state index in [0.29, 0.717) is 23.2 Å². The molecule has 0 bridgehead atoms. The predicted molar refractivity (Wildman–Crippen MR) is 92.6 cm³/mol. The van der Waals surface area contributed by atoms with E-state index in [2.05, 4.69) is 15.2 Å². The first kappa shape index (κ1) is 17.5. The number of hydrogen-bond donors (Lipinski definition) is 2. The zero-order chi connectivity index (χ0) is 16.9. The van der Waals surface area contributed by atoms with E-state index in [-0.39, 0.29) is 19.1 Å². The van der Waals surface area contributed by atoms with E-state index in [0.717, 1.165) is 31.7 Å². The largest absolute Gasteiger partial charge is 0.389 e. The van der Waals surface area contributed by atoms with Crippen molar-refractivity contribution >= 4 is 23.3 Å². The molecule has 1 aliphatic heterocycles. The number of nitrogens with one attached hydrogen (secondary N) is 1. The van der Waals surface area contributed by atoms with Crippen molar-refractivity contribution in [3.8, 4) is 0 Å². The molecule has 24 heavy (non-hydrogen) atoms. The van der Waals surface area contributed by atoms with Crippen LogP contribution in [0.25, 0.3) is 0 Å². The number of carbonyl (C=O) groups excluding carboxylic acids is 1. The summed E-state index contributed by atoms with van der Waals surface area (Å²) in [5.41, 5.74) is 0.461. The predicted octanol–water partition coefficient (Wildman–Crippen LogP) is 1.85. The lowest BCUT2D eigenvalue weighted by Gasteiger charge is -2.17. The summed E-state index contributed by atoms with van der Waals surface area (Å²) in [5.74, 6) is 1.13. The second-order valence-corrected chi connectivity index (χ2v) is 6.96. The smallest absolute Gasteiger partial charge is 0.251 e. The molecule has 1 aromatic heterocycles. The van der Waals surface area contributed by atoms with Gasteiger partial charge in [-0.05, 0) is 43.7 Å². The topological polar surface area (TPSA) is 74.7 Å². The van der Waals surface area contributed by atoms with Crippen molar-refractivity contribution < 1.29 is 14.6 Å². The number of pyridine rings is 1. The number of aliphatic hydroxyl groups excluding tert-OH is 1. The summed E-state index contributed by atoms with van der Waals surface area (Å²) in [6.07, 6.45) is 3.98. The van der Waals surface area contributed by atoms with Crippen LogP contribution in [0, 0.1) is 5.92 Å². The third-order valence-electron chi connectivity index (χ3n) is 4.33. The van der Waals surface area contributed by atoms with Crippen LogP contribution in [0.3, 0.4) is 0 Å². The molecular weight excluding hydrogens is 330 g/mol. The first-order valence-electron chi connectivity index (χ1n) is 8.58. The zero-order valence-corrected chi connectivity index (χ0v) is 14.5. The van der Waals surface area contributed by atoms with Crippen LogP contribution >= 0.6 is 11.6 Å². The van der Waals surface area contributed by atoms with Gasteiger partial charge in [0.1, 0.15) is 11.0 Å². The van der Waals surface area contributed by atoms with E-state index in [1.165, 1.54) is 12.8 Å². The lowest BCUT2D eigenvalue weighted by atomic mass is 10.2. The average Bonchev–Trinajstić information content (AvgIpc) is 3.22. The number of aliphatic hydroxyl groups is 1. The van der Waals surface area contributed by atoms with E-state index in [1.54, 1.807) is 12.1 Å². The molecule has 2 fully saturated rings. The minimum absolute atomic E-state index is 0.155. The molecule has 1 saturated heterocycles. The maximum atomic E-state index is 12.3. The fourth-order valence-corrected chi connectivity index (χ4v) is 2.95. The molecule has 6 nitrogen and oxygen atoms in total. The van der Waals surface area contributed by atoms with E-state index in [1.807, 2.05) is 0 Å². The monoisotopic (exact) mass is 353 g/mol. The molecule has 1 saturated carbocycles. The Kier molecular flexibility index (Phi) is 5.92. The molecule has 2 aliphatic rings. The Morgan fingerprint density at radius 3 is 2.88 bits per heavy atom. The molecule has 1 atom stereocenters. The van der Waals surface area contributed by atoms with Gasteiger partial charge in [-0.15, -0.1) is 0 Å². The maximum absolute atomic E-state index is 12.3. The highest BCUT2D eigenvalue weighted by Crippen LogP contribution is 2.28. The van der Waals surface area contributed by atoms with Gasteiger partial charge in [-0.2, -0.15) is 0 Å². The number of anilines is 1. The standard InChI is InChI=1S/C17H24ClN3O3/c18-15-7-13(8-16(20-15)21-5-1-2-6-21)17(23)19-9-14(22)11-24-10-12-3-4-12/h7-8,12,14,22H,1-6,9-11H2,(H,19,23)/t14-/m1/s1. The van der Waals surface area contributed by atoms with Crippen molar-refractivity contribution in [3.05, 3.63) is 22.8 Å². The number of amides is 1. The lowest BCUT2D eigenvalue weighted by Crippen LogP contribution is -2.35. The number of hydrogen-bond acceptors (Lipinski definition) is 5.